The molecule has 2 aromatic rings. The van der Waals surface area contributed by atoms with Crippen LogP contribution in [0.15, 0.2) is 36.5 Å². The van der Waals surface area contributed by atoms with Crippen LogP contribution in [-0.2, 0) is 11.0 Å². The Hall–Kier alpha value is -2.57. The van der Waals surface area contributed by atoms with Crippen LogP contribution in [0.2, 0.25) is 0 Å². The highest BCUT2D eigenvalue weighted by Crippen LogP contribution is 2.28. The molecule has 1 aromatic carbocycles. The molecule has 0 aliphatic rings. The highest BCUT2D eigenvalue weighted by molar-refractivity contribution is 5.95. The zero-order chi connectivity index (χ0) is 17.0. The number of rotatable bonds is 4. The third-order valence-corrected chi connectivity index (χ3v) is 3.27. The fraction of sp³-hybridized carbons (Fsp3) is 0.250. The minimum Gasteiger partial charge on any atom is -0.361 e. The van der Waals surface area contributed by atoms with E-state index in [2.05, 4.69) is 15.6 Å². The molecule has 1 aromatic heterocycles. The normalized spacial score (nSPS) is 11.2. The Morgan fingerprint density at radius 2 is 1.78 bits per heavy atom. The number of carbonyl (C=O) groups is 1. The Bertz CT molecular complexity index is 676. The molecule has 2 rings (SSSR count). The minimum absolute atomic E-state index is 0.0911. The fourth-order valence-corrected chi connectivity index (χ4v) is 2.03. The van der Waals surface area contributed by atoms with Crippen LogP contribution in [0, 0.1) is 13.8 Å². The van der Waals surface area contributed by atoms with Crippen LogP contribution >= 0.6 is 0 Å². The van der Waals surface area contributed by atoms with Gasteiger partial charge in [-0.05, 0) is 37.1 Å². The van der Waals surface area contributed by atoms with Crippen molar-refractivity contribution in [3.63, 3.8) is 0 Å². The van der Waals surface area contributed by atoms with Crippen LogP contribution < -0.4 is 10.6 Å². The number of benzene rings is 1. The topological polar surface area (TPSA) is 54.0 Å². The maximum atomic E-state index is 12.4. The van der Waals surface area contributed by atoms with Gasteiger partial charge in [-0.2, -0.15) is 13.2 Å². The van der Waals surface area contributed by atoms with E-state index in [-0.39, 0.29) is 18.3 Å². The van der Waals surface area contributed by atoms with E-state index in [0.29, 0.717) is 0 Å². The maximum Gasteiger partial charge on any atom is 0.417 e. The summed E-state index contributed by atoms with van der Waals surface area (Å²) in [5.41, 5.74) is 1.78. The van der Waals surface area contributed by atoms with Gasteiger partial charge < -0.3 is 10.6 Å². The van der Waals surface area contributed by atoms with E-state index in [1.54, 1.807) is 0 Å². The van der Waals surface area contributed by atoms with Crippen molar-refractivity contribution >= 4 is 17.4 Å². The van der Waals surface area contributed by atoms with Crippen LogP contribution in [0.3, 0.4) is 0 Å². The molecular weight excluding hydrogens is 307 g/mol. The zero-order valence-corrected chi connectivity index (χ0v) is 12.7. The van der Waals surface area contributed by atoms with E-state index < -0.39 is 11.7 Å². The zero-order valence-electron chi connectivity index (χ0n) is 12.7. The molecule has 0 atom stereocenters. The minimum atomic E-state index is -4.43. The van der Waals surface area contributed by atoms with E-state index in [0.717, 1.165) is 29.1 Å². The fourth-order valence-electron chi connectivity index (χ4n) is 2.03. The molecule has 0 fully saturated rings. The highest BCUT2D eigenvalue weighted by atomic mass is 19.4. The van der Waals surface area contributed by atoms with E-state index in [1.807, 2.05) is 32.0 Å². The van der Waals surface area contributed by atoms with Gasteiger partial charge in [0.05, 0.1) is 12.1 Å². The van der Waals surface area contributed by atoms with Crippen molar-refractivity contribution in [2.24, 2.45) is 0 Å². The van der Waals surface area contributed by atoms with Gasteiger partial charge in [-0.3, -0.25) is 4.79 Å². The number of hydrogen-bond acceptors (Lipinski definition) is 3. The van der Waals surface area contributed by atoms with Gasteiger partial charge in [0.1, 0.15) is 5.82 Å². The van der Waals surface area contributed by atoms with Crippen LogP contribution in [0.4, 0.5) is 24.7 Å². The van der Waals surface area contributed by atoms with Crippen LogP contribution in [0.1, 0.15) is 16.7 Å². The van der Waals surface area contributed by atoms with E-state index in [4.69, 9.17) is 0 Å². The number of aryl methyl sites for hydroxylation is 2. The molecule has 0 aliphatic carbocycles. The van der Waals surface area contributed by atoms with Crippen molar-refractivity contribution < 1.29 is 18.0 Å². The molecule has 0 saturated heterocycles. The van der Waals surface area contributed by atoms with Crippen LogP contribution in [0.25, 0.3) is 0 Å². The molecule has 0 aliphatic heterocycles. The van der Waals surface area contributed by atoms with Crippen LogP contribution in [-0.4, -0.2) is 17.4 Å². The number of halogens is 3. The number of nitrogens with zero attached hydrogens (tertiary/aromatic N) is 1. The molecular formula is C16H16F3N3O. The van der Waals surface area contributed by atoms with Crippen molar-refractivity contribution in [3.05, 3.63) is 53.2 Å². The summed E-state index contributed by atoms with van der Waals surface area (Å²) in [5.74, 6) is -0.0984. The highest BCUT2D eigenvalue weighted by Gasteiger charge is 2.30. The Labute approximate surface area is 131 Å². The van der Waals surface area contributed by atoms with Crippen molar-refractivity contribution in [1.82, 2.24) is 4.98 Å². The van der Waals surface area contributed by atoms with Crippen molar-refractivity contribution in [3.8, 4) is 0 Å². The quantitative estimate of drug-likeness (QED) is 0.900. The molecule has 0 saturated carbocycles. The second-order valence-corrected chi connectivity index (χ2v) is 5.10. The average Bonchev–Trinajstić information content (AvgIpc) is 2.48. The van der Waals surface area contributed by atoms with Crippen molar-refractivity contribution in [2.75, 3.05) is 17.2 Å². The van der Waals surface area contributed by atoms with Gasteiger partial charge in [0.15, 0.2) is 0 Å². The second-order valence-electron chi connectivity index (χ2n) is 5.10. The third-order valence-electron chi connectivity index (χ3n) is 3.27. The van der Waals surface area contributed by atoms with Gasteiger partial charge in [0.25, 0.3) is 0 Å². The molecule has 0 unspecified atom stereocenters. The number of anilines is 2. The van der Waals surface area contributed by atoms with Gasteiger partial charge in [0.2, 0.25) is 5.91 Å². The van der Waals surface area contributed by atoms with Gasteiger partial charge in [-0.25, -0.2) is 4.98 Å². The number of pyridine rings is 1. The average molecular weight is 323 g/mol. The van der Waals surface area contributed by atoms with Gasteiger partial charge in [0, 0.05) is 11.9 Å². The number of carbonyl (C=O) groups excluding carboxylic acids is 1. The summed E-state index contributed by atoms with van der Waals surface area (Å²) in [6.45, 7) is 3.67. The molecule has 4 nitrogen and oxygen atoms in total. The number of amides is 1. The summed E-state index contributed by atoms with van der Waals surface area (Å²) in [6.07, 6.45) is -3.70. The van der Waals surface area contributed by atoms with Crippen LogP contribution in [0.5, 0.6) is 0 Å². The number of hydrogen-bond donors (Lipinski definition) is 2. The molecule has 0 spiro atoms. The molecule has 7 heteroatoms. The van der Waals surface area contributed by atoms with Crippen molar-refractivity contribution in [1.29, 1.82) is 0 Å². The molecule has 0 radical (unpaired) electrons. The molecule has 23 heavy (non-hydrogen) atoms. The van der Waals surface area contributed by atoms with Gasteiger partial charge in [-0.1, -0.05) is 18.2 Å². The number of para-hydroxylation sites is 1. The van der Waals surface area contributed by atoms with E-state index in [9.17, 15) is 18.0 Å². The third kappa shape index (κ3) is 4.45. The first kappa shape index (κ1) is 16.8. The van der Waals surface area contributed by atoms with E-state index >= 15 is 0 Å². The predicted octanol–water partition coefficient (Wildman–Crippen LogP) is 3.77. The standard InChI is InChI=1S/C16H16F3N3O/c1-10-4-3-5-11(2)15(10)22-14(23)9-21-13-7-6-12(8-20-13)16(17,18)19/h3-8H,9H2,1-2H3,(H,20,21)(H,22,23). The maximum absolute atomic E-state index is 12.4. The smallest absolute Gasteiger partial charge is 0.361 e. The van der Waals surface area contributed by atoms with E-state index in [1.165, 1.54) is 6.07 Å². The second kappa shape index (κ2) is 6.68. The lowest BCUT2D eigenvalue weighted by atomic mass is 10.1. The van der Waals surface area contributed by atoms with Crippen molar-refractivity contribution in [2.45, 2.75) is 20.0 Å². The Balaban J connectivity index is 1.94. The summed E-state index contributed by atoms with van der Waals surface area (Å²) >= 11 is 0. The Morgan fingerprint density at radius 1 is 1.13 bits per heavy atom. The molecule has 1 amide bonds. The monoisotopic (exact) mass is 323 g/mol. The lowest BCUT2D eigenvalue weighted by Crippen LogP contribution is -2.23. The molecule has 122 valence electrons. The predicted molar refractivity (Wildman–Crippen MR) is 82.3 cm³/mol. The van der Waals surface area contributed by atoms with Gasteiger partial charge >= 0.3 is 6.18 Å². The largest absolute Gasteiger partial charge is 0.417 e. The first-order valence-electron chi connectivity index (χ1n) is 6.90. The van der Waals surface area contributed by atoms with Gasteiger partial charge in [-0.15, -0.1) is 0 Å². The number of aromatic nitrogens is 1. The SMILES string of the molecule is Cc1cccc(C)c1NC(=O)CNc1ccc(C(F)(F)F)cn1. The summed E-state index contributed by atoms with van der Waals surface area (Å²) in [4.78, 5) is 15.6. The summed E-state index contributed by atoms with van der Waals surface area (Å²) < 4.78 is 37.3. The molecule has 0 bridgehead atoms. The molecule has 1 heterocycles. The molecule has 2 N–H and O–H groups in total. The summed E-state index contributed by atoms with van der Waals surface area (Å²) in [6, 6.07) is 7.76. The Morgan fingerprint density at radius 3 is 2.30 bits per heavy atom. The first-order valence-corrected chi connectivity index (χ1v) is 6.90. The summed E-state index contributed by atoms with van der Waals surface area (Å²) in [5, 5.41) is 5.47. The number of nitrogens with one attached hydrogen (secondary N) is 2. The lowest BCUT2D eigenvalue weighted by molar-refractivity contribution is -0.137. The first-order chi connectivity index (χ1) is 10.8. The lowest BCUT2D eigenvalue weighted by Gasteiger charge is -2.12. The Kier molecular flexibility index (Phi) is 4.88. The summed E-state index contributed by atoms with van der Waals surface area (Å²) in [7, 11) is 0. The number of alkyl halides is 3.